The summed E-state index contributed by atoms with van der Waals surface area (Å²) in [6, 6.07) is 0.406. The largest absolute Gasteiger partial charge is 0.352 e. The van der Waals surface area contributed by atoms with Gasteiger partial charge in [-0.25, -0.2) is 0 Å². The molecule has 74 valence electrons. The Morgan fingerprint density at radius 3 is 2.46 bits per heavy atom. The Kier molecular flexibility index (Phi) is 2.06. The van der Waals surface area contributed by atoms with Gasteiger partial charge in [-0.1, -0.05) is 6.92 Å². The van der Waals surface area contributed by atoms with Crippen LogP contribution in [0.15, 0.2) is 0 Å². The second-order valence-corrected chi connectivity index (χ2v) is 4.76. The average molecular weight is 182 g/mol. The first-order chi connectivity index (χ1) is 6.10. The molecule has 0 bridgehead atoms. The summed E-state index contributed by atoms with van der Waals surface area (Å²) in [6.07, 6.45) is 5.08. The zero-order chi connectivity index (χ0) is 9.47. The quantitative estimate of drug-likeness (QED) is 0.663. The molecule has 13 heavy (non-hydrogen) atoms. The molecule has 0 saturated heterocycles. The molecule has 0 aliphatic heterocycles. The van der Waals surface area contributed by atoms with E-state index in [2.05, 4.69) is 12.2 Å². The molecule has 1 amide bonds. The molecule has 2 saturated carbocycles. The van der Waals surface area contributed by atoms with E-state index in [1.807, 2.05) is 0 Å². The number of carbonyl (C=O) groups excluding carboxylic acids is 1. The third-order valence-corrected chi connectivity index (χ3v) is 3.41. The third-order valence-electron chi connectivity index (χ3n) is 3.41. The van der Waals surface area contributed by atoms with Crippen molar-refractivity contribution in [1.29, 1.82) is 0 Å². The highest BCUT2D eigenvalue weighted by Gasteiger charge is 2.41. The van der Waals surface area contributed by atoms with E-state index >= 15 is 0 Å². The van der Waals surface area contributed by atoms with Crippen molar-refractivity contribution in [3.8, 4) is 0 Å². The van der Waals surface area contributed by atoms with Crippen LogP contribution in [0.5, 0.6) is 0 Å². The molecule has 0 heterocycles. The normalized spacial score (nSPS) is 35.8. The smallest absolute Gasteiger partial charge is 0.240 e. The van der Waals surface area contributed by atoms with Gasteiger partial charge in [-0.3, -0.25) is 4.79 Å². The molecule has 2 fully saturated rings. The van der Waals surface area contributed by atoms with Crippen LogP contribution in [0, 0.1) is 5.92 Å². The van der Waals surface area contributed by atoms with E-state index in [0.717, 1.165) is 38.0 Å². The van der Waals surface area contributed by atoms with Crippen molar-refractivity contribution < 1.29 is 4.79 Å². The van der Waals surface area contributed by atoms with Crippen LogP contribution < -0.4 is 11.1 Å². The van der Waals surface area contributed by atoms with Crippen molar-refractivity contribution in [3.63, 3.8) is 0 Å². The van der Waals surface area contributed by atoms with Crippen molar-refractivity contribution in [2.24, 2.45) is 11.7 Å². The third kappa shape index (κ3) is 1.57. The summed E-state index contributed by atoms with van der Waals surface area (Å²) in [4.78, 5) is 11.6. The number of carbonyl (C=O) groups is 1. The summed E-state index contributed by atoms with van der Waals surface area (Å²) in [5, 5.41) is 3.03. The highest BCUT2D eigenvalue weighted by molar-refractivity contribution is 5.87. The zero-order valence-electron chi connectivity index (χ0n) is 8.18. The van der Waals surface area contributed by atoms with E-state index in [-0.39, 0.29) is 5.91 Å². The Balaban J connectivity index is 1.78. The van der Waals surface area contributed by atoms with Gasteiger partial charge in [-0.2, -0.15) is 0 Å². The first-order valence-corrected chi connectivity index (χ1v) is 5.20. The lowest BCUT2D eigenvalue weighted by molar-refractivity contribution is -0.130. The molecular weight excluding hydrogens is 164 g/mol. The van der Waals surface area contributed by atoms with Crippen LogP contribution >= 0.6 is 0 Å². The fraction of sp³-hybridized carbons (Fsp3) is 0.900. The van der Waals surface area contributed by atoms with Crippen LogP contribution in [0.1, 0.15) is 39.0 Å². The zero-order valence-corrected chi connectivity index (χ0v) is 8.18. The van der Waals surface area contributed by atoms with E-state index in [1.165, 1.54) is 0 Å². The highest BCUT2D eigenvalue weighted by Crippen LogP contribution is 2.31. The fourth-order valence-corrected chi connectivity index (χ4v) is 2.13. The van der Waals surface area contributed by atoms with Gasteiger partial charge < -0.3 is 11.1 Å². The van der Waals surface area contributed by atoms with Crippen LogP contribution in [0.3, 0.4) is 0 Å². The lowest BCUT2D eigenvalue weighted by atomic mass is 9.75. The number of hydrogen-bond acceptors (Lipinski definition) is 2. The minimum absolute atomic E-state index is 0.0793. The summed E-state index contributed by atoms with van der Waals surface area (Å²) in [7, 11) is 0. The predicted octanol–water partition coefficient (Wildman–Crippen LogP) is 0.782. The number of amides is 1. The minimum Gasteiger partial charge on any atom is -0.352 e. The number of nitrogens with one attached hydrogen (secondary N) is 1. The van der Waals surface area contributed by atoms with Gasteiger partial charge in [0.25, 0.3) is 0 Å². The van der Waals surface area contributed by atoms with E-state index < -0.39 is 5.54 Å². The van der Waals surface area contributed by atoms with Crippen molar-refractivity contribution in [3.05, 3.63) is 0 Å². The number of nitrogens with two attached hydrogens (primary N) is 1. The van der Waals surface area contributed by atoms with Gasteiger partial charge in [0.05, 0.1) is 5.54 Å². The van der Waals surface area contributed by atoms with Crippen LogP contribution in [-0.2, 0) is 4.79 Å². The number of rotatable bonds is 2. The molecule has 2 rings (SSSR count). The Hall–Kier alpha value is -0.570. The second kappa shape index (κ2) is 2.98. The fourth-order valence-electron chi connectivity index (χ4n) is 2.13. The maximum absolute atomic E-state index is 11.6. The standard InChI is InChI=1S/C10H18N2O/c1-7-5-8(6-7)12-9(13)10(11)3-2-4-10/h7-8H,2-6,11H2,1H3,(H,12,13). The summed E-state index contributed by atoms with van der Waals surface area (Å²) >= 11 is 0. The Labute approximate surface area is 79.1 Å². The van der Waals surface area contributed by atoms with Gasteiger partial charge in [0.15, 0.2) is 0 Å². The Bertz CT molecular complexity index is 217. The lowest BCUT2D eigenvalue weighted by Gasteiger charge is -2.40. The first-order valence-electron chi connectivity index (χ1n) is 5.20. The van der Waals surface area contributed by atoms with Crippen molar-refractivity contribution in [2.75, 3.05) is 0 Å². The summed E-state index contributed by atoms with van der Waals surface area (Å²) < 4.78 is 0. The molecule has 3 nitrogen and oxygen atoms in total. The van der Waals surface area contributed by atoms with Gasteiger partial charge in [0.2, 0.25) is 5.91 Å². The molecule has 3 heteroatoms. The van der Waals surface area contributed by atoms with Crippen molar-refractivity contribution >= 4 is 5.91 Å². The van der Waals surface area contributed by atoms with Crippen molar-refractivity contribution in [1.82, 2.24) is 5.32 Å². The number of hydrogen-bond donors (Lipinski definition) is 2. The summed E-state index contributed by atoms with van der Waals surface area (Å²) in [6.45, 7) is 2.21. The average Bonchev–Trinajstić information content (AvgIpc) is 1.97. The van der Waals surface area contributed by atoms with E-state index in [4.69, 9.17) is 5.73 Å². The molecule has 0 atom stereocenters. The van der Waals surface area contributed by atoms with Gasteiger partial charge in [0.1, 0.15) is 0 Å². The molecule has 2 aliphatic rings. The van der Waals surface area contributed by atoms with E-state index in [1.54, 1.807) is 0 Å². The highest BCUT2D eigenvalue weighted by atomic mass is 16.2. The van der Waals surface area contributed by atoms with Crippen LogP contribution in [0.4, 0.5) is 0 Å². The first kappa shape index (κ1) is 9.00. The van der Waals surface area contributed by atoms with Crippen molar-refractivity contribution in [2.45, 2.75) is 50.6 Å². The molecule has 0 aromatic rings. The second-order valence-electron chi connectivity index (χ2n) is 4.76. The summed E-state index contributed by atoms with van der Waals surface area (Å²) in [5.74, 6) is 0.857. The maximum atomic E-state index is 11.6. The Morgan fingerprint density at radius 2 is 2.08 bits per heavy atom. The van der Waals surface area contributed by atoms with E-state index in [9.17, 15) is 4.79 Å². The molecule has 3 N–H and O–H groups in total. The van der Waals surface area contributed by atoms with Gasteiger partial charge in [0, 0.05) is 6.04 Å². The topological polar surface area (TPSA) is 55.1 Å². The molecule has 0 unspecified atom stereocenters. The predicted molar refractivity (Wildman–Crippen MR) is 51.1 cm³/mol. The SMILES string of the molecule is CC1CC(NC(=O)C2(N)CCC2)C1. The lowest BCUT2D eigenvalue weighted by Crippen LogP contribution is -2.61. The maximum Gasteiger partial charge on any atom is 0.240 e. The molecule has 2 aliphatic carbocycles. The molecule has 0 radical (unpaired) electrons. The van der Waals surface area contributed by atoms with Crippen LogP contribution in [0.2, 0.25) is 0 Å². The molecule has 0 spiro atoms. The minimum atomic E-state index is -0.515. The molecule has 0 aromatic heterocycles. The Morgan fingerprint density at radius 1 is 1.46 bits per heavy atom. The van der Waals surface area contributed by atoms with Crippen LogP contribution in [0.25, 0.3) is 0 Å². The monoisotopic (exact) mass is 182 g/mol. The van der Waals surface area contributed by atoms with Gasteiger partial charge in [-0.15, -0.1) is 0 Å². The van der Waals surface area contributed by atoms with Gasteiger partial charge in [-0.05, 0) is 38.0 Å². The summed E-state index contributed by atoms with van der Waals surface area (Å²) in [5.41, 5.74) is 5.38. The van der Waals surface area contributed by atoms with Gasteiger partial charge >= 0.3 is 0 Å². The molecular formula is C10H18N2O. The van der Waals surface area contributed by atoms with Crippen LogP contribution in [-0.4, -0.2) is 17.5 Å². The van der Waals surface area contributed by atoms with E-state index in [0.29, 0.717) is 6.04 Å². The molecule has 0 aromatic carbocycles.